The molecule has 2 amide bonds. The van der Waals surface area contributed by atoms with Crippen molar-refractivity contribution in [2.75, 3.05) is 25.6 Å². The van der Waals surface area contributed by atoms with Crippen LogP contribution >= 0.6 is 23.4 Å². The fraction of sp³-hybridized carbons (Fsp3) is 0.179. The van der Waals surface area contributed by atoms with Crippen molar-refractivity contribution in [2.24, 2.45) is 4.99 Å². The molecule has 7 nitrogen and oxygen atoms in total. The van der Waals surface area contributed by atoms with E-state index in [0.29, 0.717) is 38.8 Å². The van der Waals surface area contributed by atoms with Crippen molar-refractivity contribution >= 4 is 57.8 Å². The molecule has 0 bridgehead atoms. The van der Waals surface area contributed by atoms with Gasteiger partial charge < -0.3 is 14.8 Å². The van der Waals surface area contributed by atoms with Gasteiger partial charge in [0.05, 0.1) is 28.4 Å². The largest absolute Gasteiger partial charge is 0.493 e. The van der Waals surface area contributed by atoms with E-state index in [1.807, 2.05) is 38.1 Å². The molecule has 0 atom stereocenters. The van der Waals surface area contributed by atoms with Gasteiger partial charge in [-0.3, -0.25) is 14.5 Å². The number of ether oxygens (including phenoxy) is 2. The number of aliphatic imine (C=N–C) groups is 1. The fourth-order valence-electron chi connectivity index (χ4n) is 3.54. The second-order valence-corrected chi connectivity index (χ2v) is 9.53. The number of likely N-dealkylation sites (N-methyl/N-ethyl adjacent to an activating group) is 1. The fourth-order valence-corrected chi connectivity index (χ4v) is 4.78. The zero-order valence-corrected chi connectivity index (χ0v) is 22.2. The lowest BCUT2D eigenvalue weighted by molar-refractivity contribution is -0.122. The van der Waals surface area contributed by atoms with Crippen molar-refractivity contribution in [3.63, 3.8) is 0 Å². The summed E-state index contributed by atoms with van der Waals surface area (Å²) in [5.74, 6) is 0.389. The van der Waals surface area contributed by atoms with E-state index in [9.17, 15) is 9.59 Å². The average Bonchev–Trinajstić information content (AvgIpc) is 3.19. The van der Waals surface area contributed by atoms with Crippen LogP contribution in [-0.4, -0.2) is 42.1 Å². The number of anilines is 1. The maximum Gasteiger partial charge on any atom is 0.266 e. The molecule has 1 heterocycles. The summed E-state index contributed by atoms with van der Waals surface area (Å²) in [5, 5.41) is 3.80. The van der Waals surface area contributed by atoms with E-state index in [1.54, 1.807) is 53.4 Å². The molecule has 0 aliphatic carbocycles. The molecule has 1 aliphatic heterocycles. The van der Waals surface area contributed by atoms with Gasteiger partial charge in [-0.25, -0.2) is 4.99 Å². The zero-order chi connectivity index (χ0) is 26.4. The van der Waals surface area contributed by atoms with Gasteiger partial charge in [0, 0.05) is 6.54 Å². The van der Waals surface area contributed by atoms with Crippen molar-refractivity contribution in [3.05, 3.63) is 87.8 Å². The van der Waals surface area contributed by atoms with Crippen LogP contribution in [0.2, 0.25) is 5.02 Å². The number of nitrogens with one attached hydrogen (secondary N) is 1. The molecule has 0 spiro atoms. The summed E-state index contributed by atoms with van der Waals surface area (Å²) in [6.07, 6.45) is 1.80. The van der Waals surface area contributed by atoms with Gasteiger partial charge in [-0.05, 0) is 73.6 Å². The van der Waals surface area contributed by atoms with Crippen molar-refractivity contribution < 1.29 is 19.1 Å². The van der Waals surface area contributed by atoms with Gasteiger partial charge in [-0.2, -0.15) is 0 Å². The number of halogens is 1. The van der Waals surface area contributed by atoms with Crippen molar-refractivity contribution in [1.29, 1.82) is 0 Å². The number of para-hydroxylation sites is 1. The van der Waals surface area contributed by atoms with Crippen molar-refractivity contribution in [2.45, 2.75) is 13.8 Å². The number of methoxy groups -OCH3 is 1. The van der Waals surface area contributed by atoms with Crippen LogP contribution in [0, 0.1) is 6.92 Å². The molecule has 1 fully saturated rings. The minimum atomic E-state index is -0.352. The number of carbonyl (C=O) groups is 2. The van der Waals surface area contributed by atoms with Crippen LogP contribution in [0.3, 0.4) is 0 Å². The van der Waals surface area contributed by atoms with E-state index in [2.05, 4.69) is 10.3 Å². The highest BCUT2D eigenvalue weighted by Crippen LogP contribution is 2.36. The van der Waals surface area contributed by atoms with Crippen LogP contribution in [0.1, 0.15) is 18.1 Å². The Hall–Kier alpha value is -3.75. The first kappa shape index (κ1) is 26.3. The Bertz CT molecular complexity index is 1370. The number of rotatable bonds is 8. The molecule has 3 aromatic carbocycles. The first-order valence-electron chi connectivity index (χ1n) is 11.6. The summed E-state index contributed by atoms with van der Waals surface area (Å²) < 4.78 is 11.1. The normalized spacial score (nSPS) is 15.4. The van der Waals surface area contributed by atoms with E-state index in [4.69, 9.17) is 21.1 Å². The number of thioether (sulfide) groups is 1. The topological polar surface area (TPSA) is 80.2 Å². The first-order chi connectivity index (χ1) is 17.9. The predicted molar refractivity (Wildman–Crippen MR) is 150 cm³/mol. The predicted octanol–water partition coefficient (Wildman–Crippen LogP) is 6.30. The van der Waals surface area contributed by atoms with Gasteiger partial charge in [0.15, 0.2) is 23.3 Å². The van der Waals surface area contributed by atoms with Gasteiger partial charge in [0.25, 0.3) is 11.8 Å². The van der Waals surface area contributed by atoms with Crippen LogP contribution in [0.15, 0.2) is 76.6 Å². The van der Waals surface area contributed by atoms with Crippen LogP contribution in [0.4, 0.5) is 11.4 Å². The Morgan fingerprint density at radius 3 is 2.57 bits per heavy atom. The van der Waals surface area contributed by atoms with Crippen LogP contribution in [-0.2, 0) is 9.59 Å². The third kappa shape index (κ3) is 6.53. The number of hydrogen-bond donors (Lipinski definition) is 1. The molecular formula is C28H26ClN3O4S. The van der Waals surface area contributed by atoms with Gasteiger partial charge in [0.2, 0.25) is 0 Å². The van der Waals surface area contributed by atoms with Crippen LogP contribution in [0.25, 0.3) is 6.08 Å². The van der Waals surface area contributed by atoms with E-state index in [-0.39, 0.29) is 18.4 Å². The standard InChI is InChI=1S/C28H26ClN3O4S/c1-4-32-27(34)25(37-28(32)30-20-12-9-18(2)10-13-20)16-19-11-14-23(24(15-19)35-3)36-17-26(33)31-22-8-6-5-7-21(22)29/h5-16H,4,17H2,1-3H3,(H,31,33)/b25-16+,30-28?. The number of benzene rings is 3. The molecule has 9 heteroatoms. The summed E-state index contributed by atoms with van der Waals surface area (Å²) in [6.45, 7) is 4.23. The van der Waals surface area contributed by atoms with E-state index in [1.165, 1.54) is 18.9 Å². The second-order valence-electron chi connectivity index (χ2n) is 8.12. The average molecular weight is 536 g/mol. The molecule has 0 saturated carbocycles. The highest BCUT2D eigenvalue weighted by Gasteiger charge is 2.32. The maximum absolute atomic E-state index is 13.0. The highest BCUT2D eigenvalue weighted by molar-refractivity contribution is 8.18. The summed E-state index contributed by atoms with van der Waals surface area (Å²) >= 11 is 7.42. The third-order valence-electron chi connectivity index (χ3n) is 5.46. The van der Waals surface area contributed by atoms with E-state index in [0.717, 1.165) is 16.8 Å². The van der Waals surface area contributed by atoms with Gasteiger partial charge in [-0.15, -0.1) is 0 Å². The molecule has 0 radical (unpaired) electrons. The smallest absolute Gasteiger partial charge is 0.266 e. The maximum atomic E-state index is 13.0. The summed E-state index contributed by atoms with van der Waals surface area (Å²) in [4.78, 5) is 32.2. The first-order valence-corrected chi connectivity index (χ1v) is 12.8. The van der Waals surface area contributed by atoms with Crippen LogP contribution < -0.4 is 14.8 Å². The van der Waals surface area contributed by atoms with Crippen molar-refractivity contribution in [3.8, 4) is 11.5 Å². The molecule has 37 heavy (non-hydrogen) atoms. The Balaban J connectivity index is 1.47. The Labute approximate surface area is 225 Å². The molecular weight excluding hydrogens is 510 g/mol. The van der Waals surface area contributed by atoms with Gasteiger partial charge in [0.1, 0.15) is 0 Å². The van der Waals surface area contributed by atoms with Crippen LogP contribution in [0.5, 0.6) is 11.5 Å². The number of amidine groups is 1. The molecule has 1 N–H and O–H groups in total. The lowest BCUT2D eigenvalue weighted by atomic mass is 10.2. The SMILES string of the molecule is CCN1C(=O)/C(=C\c2ccc(OCC(=O)Nc3ccccc3Cl)c(OC)c2)SC1=Nc1ccc(C)cc1. The molecule has 0 unspecified atom stereocenters. The van der Waals surface area contributed by atoms with E-state index < -0.39 is 0 Å². The summed E-state index contributed by atoms with van der Waals surface area (Å²) in [6, 6.07) is 20.1. The molecule has 190 valence electrons. The number of amides is 2. The lowest BCUT2D eigenvalue weighted by Crippen LogP contribution is -2.28. The van der Waals surface area contributed by atoms with Gasteiger partial charge in [-0.1, -0.05) is 47.5 Å². The van der Waals surface area contributed by atoms with Gasteiger partial charge >= 0.3 is 0 Å². The number of carbonyl (C=O) groups excluding carboxylic acids is 2. The molecule has 4 rings (SSSR count). The summed E-state index contributed by atoms with van der Waals surface area (Å²) in [5.41, 5.74) is 3.21. The Morgan fingerprint density at radius 2 is 1.86 bits per heavy atom. The molecule has 0 aromatic heterocycles. The number of aryl methyl sites for hydroxylation is 1. The summed E-state index contributed by atoms with van der Waals surface area (Å²) in [7, 11) is 1.52. The molecule has 1 saturated heterocycles. The minimum absolute atomic E-state index is 0.103. The molecule has 3 aromatic rings. The quantitative estimate of drug-likeness (QED) is 0.342. The third-order valence-corrected chi connectivity index (χ3v) is 6.79. The van der Waals surface area contributed by atoms with Crippen molar-refractivity contribution in [1.82, 2.24) is 4.90 Å². The highest BCUT2D eigenvalue weighted by atomic mass is 35.5. The zero-order valence-electron chi connectivity index (χ0n) is 20.7. The monoisotopic (exact) mass is 535 g/mol. The van der Waals surface area contributed by atoms with E-state index >= 15 is 0 Å². The number of hydrogen-bond acceptors (Lipinski definition) is 6. The number of nitrogens with zero attached hydrogens (tertiary/aromatic N) is 2. The Morgan fingerprint density at radius 1 is 1.11 bits per heavy atom. The molecule has 1 aliphatic rings. The minimum Gasteiger partial charge on any atom is -0.493 e. The lowest BCUT2D eigenvalue weighted by Gasteiger charge is -2.12. The second kappa shape index (κ2) is 12.0. The Kier molecular flexibility index (Phi) is 8.53.